The zero-order chi connectivity index (χ0) is 25.0. The van der Waals surface area contributed by atoms with E-state index in [9.17, 15) is 33.2 Å². The summed E-state index contributed by atoms with van der Waals surface area (Å²) in [6, 6.07) is -2.10. The first-order chi connectivity index (χ1) is 15.6. The van der Waals surface area contributed by atoms with E-state index in [-0.39, 0.29) is 25.4 Å². The SMILES string of the molecule is CCCCCCCC(=O)N[C@H](CC(N)=O)C(=O)NCCN(C)C(=O)n1cc(F)c(=O)[nH]c1=O. The van der Waals surface area contributed by atoms with E-state index >= 15 is 0 Å². The molecule has 5 N–H and O–H groups in total. The van der Waals surface area contributed by atoms with Crippen molar-refractivity contribution in [2.75, 3.05) is 20.1 Å². The van der Waals surface area contributed by atoms with Crippen LogP contribution in [0.25, 0.3) is 0 Å². The maximum absolute atomic E-state index is 13.4. The van der Waals surface area contributed by atoms with Crippen LogP contribution in [0.4, 0.5) is 9.18 Å². The Kier molecular flexibility index (Phi) is 11.5. The van der Waals surface area contributed by atoms with Crippen LogP contribution in [0.3, 0.4) is 0 Å². The van der Waals surface area contributed by atoms with E-state index in [2.05, 4.69) is 17.6 Å². The molecule has 0 spiro atoms. The molecule has 0 fully saturated rings. The van der Waals surface area contributed by atoms with Crippen molar-refractivity contribution in [3.63, 3.8) is 0 Å². The van der Waals surface area contributed by atoms with Gasteiger partial charge in [0.2, 0.25) is 23.5 Å². The molecule has 184 valence electrons. The van der Waals surface area contributed by atoms with Crippen LogP contribution in [0.5, 0.6) is 0 Å². The first-order valence-electron chi connectivity index (χ1n) is 10.7. The normalized spacial score (nSPS) is 11.5. The second-order valence-electron chi connectivity index (χ2n) is 7.56. The van der Waals surface area contributed by atoms with Crippen molar-refractivity contribution in [2.45, 2.75) is 57.9 Å². The summed E-state index contributed by atoms with van der Waals surface area (Å²) < 4.78 is 13.8. The summed E-state index contributed by atoms with van der Waals surface area (Å²) in [7, 11) is 1.30. The fourth-order valence-electron chi connectivity index (χ4n) is 2.91. The van der Waals surface area contributed by atoms with Crippen molar-refractivity contribution in [1.29, 1.82) is 0 Å². The quantitative estimate of drug-likeness (QED) is 0.280. The van der Waals surface area contributed by atoms with Crippen molar-refractivity contribution in [1.82, 2.24) is 25.1 Å². The van der Waals surface area contributed by atoms with Gasteiger partial charge in [-0.1, -0.05) is 32.6 Å². The summed E-state index contributed by atoms with van der Waals surface area (Å²) in [5, 5.41) is 4.97. The number of aromatic amines is 1. The molecular weight excluding hydrogens is 439 g/mol. The minimum absolute atomic E-state index is 0.0908. The van der Waals surface area contributed by atoms with Gasteiger partial charge in [0.15, 0.2) is 0 Å². The fourth-order valence-corrected chi connectivity index (χ4v) is 2.91. The van der Waals surface area contributed by atoms with E-state index in [0.29, 0.717) is 17.2 Å². The maximum atomic E-state index is 13.4. The number of hydrogen-bond acceptors (Lipinski definition) is 6. The molecule has 1 rings (SSSR count). The van der Waals surface area contributed by atoms with Crippen molar-refractivity contribution in [3.8, 4) is 0 Å². The van der Waals surface area contributed by atoms with Gasteiger partial charge in [0.25, 0.3) is 5.56 Å². The van der Waals surface area contributed by atoms with Crippen LogP contribution in [0.2, 0.25) is 0 Å². The van der Waals surface area contributed by atoms with Crippen molar-refractivity contribution in [3.05, 3.63) is 32.9 Å². The third-order valence-corrected chi connectivity index (χ3v) is 4.74. The molecule has 0 bridgehead atoms. The predicted molar refractivity (Wildman–Crippen MR) is 117 cm³/mol. The van der Waals surface area contributed by atoms with E-state index < -0.39 is 47.4 Å². The fraction of sp³-hybridized carbons (Fsp3) is 0.600. The van der Waals surface area contributed by atoms with Crippen LogP contribution < -0.4 is 27.6 Å². The molecule has 12 nitrogen and oxygen atoms in total. The lowest BCUT2D eigenvalue weighted by atomic mass is 10.1. The molecule has 0 aromatic carbocycles. The minimum atomic E-state index is -1.31. The average Bonchev–Trinajstić information content (AvgIpc) is 2.74. The van der Waals surface area contributed by atoms with Gasteiger partial charge in [-0.05, 0) is 6.42 Å². The molecular formula is C20H31FN6O6. The third kappa shape index (κ3) is 9.66. The number of nitrogens with zero attached hydrogens (tertiary/aromatic N) is 2. The molecule has 0 aliphatic carbocycles. The highest BCUT2D eigenvalue weighted by molar-refractivity contribution is 5.91. The van der Waals surface area contributed by atoms with E-state index in [1.165, 1.54) is 7.05 Å². The number of unbranched alkanes of at least 4 members (excludes halogenated alkanes) is 4. The van der Waals surface area contributed by atoms with Gasteiger partial charge < -0.3 is 21.3 Å². The highest BCUT2D eigenvalue weighted by Crippen LogP contribution is 2.05. The molecule has 1 atom stereocenters. The van der Waals surface area contributed by atoms with Crippen LogP contribution in [0, 0.1) is 5.82 Å². The lowest BCUT2D eigenvalue weighted by Gasteiger charge is -2.20. The lowest BCUT2D eigenvalue weighted by molar-refractivity contribution is -0.131. The van der Waals surface area contributed by atoms with E-state index in [0.717, 1.165) is 30.6 Å². The molecule has 0 radical (unpaired) electrons. The topological polar surface area (TPSA) is 176 Å². The Balaban J connectivity index is 2.59. The molecule has 0 aliphatic rings. The van der Waals surface area contributed by atoms with Gasteiger partial charge in [0.1, 0.15) is 6.04 Å². The molecule has 0 unspecified atom stereocenters. The molecule has 0 saturated heterocycles. The van der Waals surface area contributed by atoms with Gasteiger partial charge in [-0.25, -0.2) is 14.2 Å². The number of carbonyl (C=O) groups excluding carboxylic acids is 4. The van der Waals surface area contributed by atoms with Gasteiger partial charge in [-0.3, -0.25) is 24.2 Å². The lowest BCUT2D eigenvalue weighted by Crippen LogP contribution is -2.50. The summed E-state index contributed by atoms with van der Waals surface area (Å²) in [6.45, 7) is 1.90. The van der Waals surface area contributed by atoms with Gasteiger partial charge in [0, 0.05) is 26.6 Å². The first-order valence-corrected chi connectivity index (χ1v) is 10.7. The smallest absolute Gasteiger partial charge is 0.336 e. The average molecular weight is 471 g/mol. The summed E-state index contributed by atoms with van der Waals surface area (Å²) in [4.78, 5) is 73.5. The predicted octanol–water partition coefficient (Wildman–Crippen LogP) is -0.587. The summed E-state index contributed by atoms with van der Waals surface area (Å²) in [5.74, 6) is -3.12. The van der Waals surface area contributed by atoms with Crippen molar-refractivity contribution < 1.29 is 23.6 Å². The largest absolute Gasteiger partial charge is 0.370 e. The maximum Gasteiger partial charge on any atom is 0.336 e. The molecule has 13 heteroatoms. The van der Waals surface area contributed by atoms with Crippen molar-refractivity contribution >= 4 is 23.8 Å². The van der Waals surface area contributed by atoms with E-state index in [1.807, 2.05) is 0 Å². The molecule has 1 aromatic heterocycles. The first kappa shape index (κ1) is 27.5. The number of rotatable bonds is 13. The molecule has 0 saturated carbocycles. The highest BCUT2D eigenvalue weighted by atomic mass is 19.1. The van der Waals surface area contributed by atoms with E-state index in [4.69, 9.17) is 5.73 Å². The zero-order valence-electron chi connectivity index (χ0n) is 18.8. The number of primary amides is 1. The number of likely N-dealkylation sites (N-methyl/N-ethyl adjacent to an activating group) is 1. The number of amides is 4. The minimum Gasteiger partial charge on any atom is -0.370 e. The van der Waals surface area contributed by atoms with Gasteiger partial charge >= 0.3 is 11.7 Å². The number of hydrogen-bond donors (Lipinski definition) is 4. The summed E-state index contributed by atoms with van der Waals surface area (Å²) in [5.41, 5.74) is 2.81. The molecule has 0 aliphatic heterocycles. The zero-order valence-corrected chi connectivity index (χ0v) is 18.8. The second kappa shape index (κ2) is 13.8. The van der Waals surface area contributed by atoms with Crippen LogP contribution in [-0.2, 0) is 14.4 Å². The monoisotopic (exact) mass is 470 g/mol. The Bertz CT molecular complexity index is 959. The molecule has 1 aromatic rings. The Morgan fingerprint density at radius 1 is 1.18 bits per heavy atom. The number of carbonyl (C=O) groups is 4. The highest BCUT2D eigenvalue weighted by Gasteiger charge is 2.23. The standard InChI is InChI=1S/C20H31FN6O6/c1-3-4-5-6-7-8-16(29)24-14(11-15(22)28)18(31)23-9-10-26(2)20(33)27-12-13(21)17(30)25-19(27)32/h12,14H,3-11H2,1-2H3,(H2,22,28)(H,23,31)(H,24,29)(H,25,30,32)/t14-/m1/s1. The third-order valence-electron chi connectivity index (χ3n) is 4.74. The van der Waals surface area contributed by atoms with Gasteiger partial charge in [-0.15, -0.1) is 0 Å². The Morgan fingerprint density at radius 2 is 1.85 bits per heavy atom. The molecule has 1 heterocycles. The van der Waals surface area contributed by atoms with E-state index in [1.54, 1.807) is 4.98 Å². The number of H-pyrrole nitrogens is 1. The summed E-state index contributed by atoms with van der Waals surface area (Å²) >= 11 is 0. The van der Waals surface area contributed by atoms with Gasteiger partial charge in [0.05, 0.1) is 12.6 Å². The number of nitrogens with two attached hydrogens (primary N) is 1. The Labute approximate surface area is 189 Å². The van der Waals surface area contributed by atoms with Gasteiger partial charge in [-0.2, -0.15) is 4.39 Å². The van der Waals surface area contributed by atoms with Crippen LogP contribution in [0.1, 0.15) is 51.9 Å². The van der Waals surface area contributed by atoms with Crippen LogP contribution in [-0.4, -0.2) is 64.4 Å². The second-order valence-corrected chi connectivity index (χ2v) is 7.56. The number of aromatic nitrogens is 2. The van der Waals surface area contributed by atoms with Crippen LogP contribution >= 0.6 is 0 Å². The van der Waals surface area contributed by atoms with Crippen molar-refractivity contribution in [2.24, 2.45) is 5.73 Å². The molecule has 33 heavy (non-hydrogen) atoms. The molecule has 4 amide bonds. The summed E-state index contributed by atoms with van der Waals surface area (Å²) in [6.07, 6.45) is 5.01. The number of nitrogens with one attached hydrogen (secondary N) is 3. The Morgan fingerprint density at radius 3 is 2.48 bits per heavy atom. The van der Waals surface area contributed by atoms with Crippen LogP contribution in [0.15, 0.2) is 15.8 Å². The Hall–Kier alpha value is -3.51. The number of halogens is 1.